The average molecular weight is 308 g/mol. The molecule has 1 aromatic carbocycles. The molecule has 1 aromatic rings. The molecule has 1 unspecified atom stereocenters. The maximum atomic E-state index is 12.3. The van der Waals surface area contributed by atoms with Gasteiger partial charge in [0.1, 0.15) is 5.78 Å². The summed E-state index contributed by atoms with van der Waals surface area (Å²) in [6.07, 6.45) is 7.62. The zero-order valence-corrected chi connectivity index (χ0v) is 13.7. The number of hydrogen-bond donors (Lipinski definition) is 0. The van der Waals surface area contributed by atoms with Gasteiger partial charge in [-0.2, -0.15) is 0 Å². The van der Waals surface area contributed by atoms with Crippen LogP contribution in [0.2, 0.25) is 0 Å². The van der Waals surface area contributed by atoms with Crippen molar-refractivity contribution in [3.63, 3.8) is 0 Å². The standard InChI is InChI=1S/C17H24O3S/c1-3-17(18)16(12-13-6-4-5-7-13)14-8-10-15(11-9-14)21(2,19)20/h8-11,13,16H,3-7,12H2,1-2H3. The first-order chi connectivity index (χ1) is 9.91. The van der Waals surface area contributed by atoms with E-state index in [4.69, 9.17) is 0 Å². The second-order valence-electron chi connectivity index (χ2n) is 6.10. The second kappa shape index (κ2) is 6.73. The lowest BCUT2D eigenvalue weighted by Gasteiger charge is -2.19. The third-order valence-electron chi connectivity index (χ3n) is 4.49. The first-order valence-corrected chi connectivity index (χ1v) is 9.63. The summed E-state index contributed by atoms with van der Waals surface area (Å²) in [7, 11) is -3.18. The summed E-state index contributed by atoms with van der Waals surface area (Å²) in [4.78, 5) is 12.6. The van der Waals surface area contributed by atoms with Crippen LogP contribution >= 0.6 is 0 Å². The fraction of sp³-hybridized carbons (Fsp3) is 0.588. The van der Waals surface area contributed by atoms with E-state index in [2.05, 4.69) is 0 Å². The van der Waals surface area contributed by atoms with Crippen molar-refractivity contribution in [1.82, 2.24) is 0 Å². The lowest BCUT2D eigenvalue weighted by Crippen LogP contribution is -2.15. The normalized spacial score (nSPS) is 17.8. The smallest absolute Gasteiger partial charge is 0.175 e. The molecule has 4 heteroatoms. The van der Waals surface area contributed by atoms with Gasteiger partial charge in [0.25, 0.3) is 0 Å². The van der Waals surface area contributed by atoms with Crippen LogP contribution in [0.1, 0.15) is 56.9 Å². The zero-order chi connectivity index (χ0) is 15.5. The van der Waals surface area contributed by atoms with E-state index in [-0.39, 0.29) is 11.7 Å². The van der Waals surface area contributed by atoms with Gasteiger partial charge < -0.3 is 0 Å². The summed E-state index contributed by atoms with van der Waals surface area (Å²) in [6, 6.07) is 6.86. The van der Waals surface area contributed by atoms with Gasteiger partial charge in [-0.25, -0.2) is 8.42 Å². The minimum absolute atomic E-state index is 0.0771. The largest absolute Gasteiger partial charge is 0.299 e. The number of benzene rings is 1. The molecule has 0 aliphatic heterocycles. The number of hydrogen-bond acceptors (Lipinski definition) is 3. The minimum atomic E-state index is -3.18. The first-order valence-electron chi connectivity index (χ1n) is 7.74. The van der Waals surface area contributed by atoms with Gasteiger partial charge in [0.05, 0.1) is 4.90 Å². The summed E-state index contributed by atoms with van der Waals surface area (Å²) >= 11 is 0. The van der Waals surface area contributed by atoms with Gasteiger partial charge in [-0.05, 0) is 30.0 Å². The van der Waals surface area contributed by atoms with Crippen LogP contribution in [0.5, 0.6) is 0 Å². The van der Waals surface area contributed by atoms with Crippen molar-refractivity contribution in [3.05, 3.63) is 29.8 Å². The first kappa shape index (κ1) is 16.2. The predicted octanol–water partition coefficient (Wildman–Crippen LogP) is 3.73. The van der Waals surface area contributed by atoms with E-state index in [0.29, 0.717) is 17.2 Å². The van der Waals surface area contributed by atoms with Crippen molar-refractivity contribution < 1.29 is 13.2 Å². The molecule has 1 saturated carbocycles. The highest BCUT2D eigenvalue weighted by Crippen LogP contribution is 2.35. The minimum Gasteiger partial charge on any atom is -0.299 e. The van der Waals surface area contributed by atoms with Crippen molar-refractivity contribution >= 4 is 15.6 Å². The van der Waals surface area contributed by atoms with E-state index in [1.807, 2.05) is 19.1 Å². The molecule has 1 aliphatic carbocycles. The topological polar surface area (TPSA) is 51.2 Å². The quantitative estimate of drug-likeness (QED) is 0.804. The van der Waals surface area contributed by atoms with Gasteiger partial charge in [-0.15, -0.1) is 0 Å². The lowest BCUT2D eigenvalue weighted by atomic mass is 9.84. The monoisotopic (exact) mass is 308 g/mol. The Morgan fingerprint density at radius 1 is 1.19 bits per heavy atom. The molecule has 1 atom stereocenters. The molecule has 3 nitrogen and oxygen atoms in total. The SMILES string of the molecule is CCC(=O)C(CC1CCCC1)c1ccc(S(C)(=O)=O)cc1. The van der Waals surface area contributed by atoms with Crippen LogP contribution in [-0.2, 0) is 14.6 Å². The number of carbonyl (C=O) groups is 1. The van der Waals surface area contributed by atoms with E-state index < -0.39 is 9.84 Å². The second-order valence-corrected chi connectivity index (χ2v) is 8.12. The summed E-state index contributed by atoms with van der Waals surface area (Å²) in [5.41, 5.74) is 0.959. The van der Waals surface area contributed by atoms with Crippen molar-refractivity contribution in [2.75, 3.05) is 6.26 Å². The molecule has 0 spiro atoms. The van der Waals surface area contributed by atoms with Crippen LogP contribution in [0.4, 0.5) is 0 Å². The maximum Gasteiger partial charge on any atom is 0.175 e. The van der Waals surface area contributed by atoms with Crippen molar-refractivity contribution in [3.8, 4) is 0 Å². The van der Waals surface area contributed by atoms with Crippen molar-refractivity contribution in [2.45, 2.75) is 56.3 Å². The van der Waals surface area contributed by atoms with E-state index in [1.165, 1.54) is 31.9 Å². The molecule has 0 bridgehead atoms. The highest BCUT2D eigenvalue weighted by Gasteiger charge is 2.25. The molecule has 116 valence electrons. The number of rotatable bonds is 6. The number of ketones is 1. The van der Waals surface area contributed by atoms with Gasteiger partial charge in [-0.3, -0.25) is 4.79 Å². The Hall–Kier alpha value is -1.16. The summed E-state index contributed by atoms with van der Waals surface area (Å²) in [5, 5.41) is 0. The molecule has 0 saturated heterocycles. The summed E-state index contributed by atoms with van der Waals surface area (Å²) in [6.45, 7) is 1.90. The Morgan fingerprint density at radius 2 is 1.76 bits per heavy atom. The van der Waals surface area contributed by atoms with Crippen LogP contribution in [0, 0.1) is 5.92 Å². The van der Waals surface area contributed by atoms with E-state index >= 15 is 0 Å². The Kier molecular flexibility index (Phi) is 5.20. The molecule has 0 N–H and O–H groups in total. The van der Waals surface area contributed by atoms with Crippen molar-refractivity contribution in [1.29, 1.82) is 0 Å². The van der Waals surface area contributed by atoms with Crippen LogP contribution in [0.3, 0.4) is 0 Å². The van der Waals surface area contributed by atoms with Crippen LogP contribution in [-0.4, -0.2) is 20.5 Å². The molecular weight excluding hydrogens is 284 g/mol. The predicted molar refractivity (Wildman–Crippen MR) is 84.2 cm³/mol. The fourth-order valence-corrected chi connectivity index (χ4v) is 3.86. The Bertz CT molecular complexity index is 581. The molecule has 21 heavy (non-hydrogen) atoms. The van der Waals surface area contributed by atoms with Gasteiger partial charge >= 0.3 is 0 Å². The molecule has 1 fully saturated rings. The summed E-state index contributed by atoms with van der Waals surface area (Å²) in [5.74, 6) is 0.820. The van der Waals surface area contributed by atoms with Crippen LogP contribution in [0.15, 0.2) is 29.2 Å². The molecule has 0 heterocycles. The molecule has 2 rings (SSSR count). The highest BCUT2D eigenvalue weighted by molar-refractivity contribution is 7.90. The summed E-state index contributed by atoms with van der Waals surface area (Å²) < 4.78 is 23.0. The average Bonchev–Trinajstić information content (AvgIpc) is 2.96. The molecule has 0 amide bonds. The van der Waals surface area contributed by atoms with Gasteiger partial charge in [0, 0.05) is 18.6 Å². The van der Waals surface area contributed by atoms with E-state index in [1.54, 1.807) is 12.1 Å². The molecule has 0 radical (unpaired) electrons. The van der Waals surface area contributed by atoms with E-state index in [0.717, 1.165) is 12.0 Å². The Labute approximate surface area is 127 Å². The fourth-order valence-electron chi connectivity index (χ4n) is 3.23. The van der Waals surface area contributed by atoms with Crippen LogP contribution < -0.4 is 0 Å². The third kappa shape index (κ3) is 4.16. The van der Waals surface area contributed by atoms with Crippen LogP contribution in [0.25, 0.3) is 0 Å². The molecule has 0 aromatic heterocycles. The van der Waals surface area contributed by atoms with Gasteiger partial charge in [0.15, 0.2) is 9.84 Å². The number of carbonyl (C=O) groups excluding carboxylic acids is 1. The zero-order valence-electron chi connectivity index (χ0n) is 12.8. The Balaban J connectivity index is 2.21. The Morgan fingerprint density at radius 3 is 2.24 bits per heavy atom. The lowest BCUT2D eigenvalue weighted by molar-refractivity contribution is -0.120. The molecular formula is C17H24O3S. The number of sulfone groups is 1. The number of Topliss-reactive ketones (excluding diaryl/α,β-unsaturated/α-hetero) is 1. The van der Waals surface area contributed by atoms with E-state index in [9.17, 15) is 13.2 Å². The third-order valence-corrected chi connectivity index (χ3v) is 5.62. The molecule has 1 aliphatic rings. The van der Waals surface area contributed by atoms with Gasteiger partial charge in [0.2, 0.25) is 0 Å². The van der Waals surface area contributed by atoms with Gasteiger partial charge in [-0.1, -0.05) is 44.7 Å². The highest BCUT2D eigenvalue weighted by atomic mass is 32.2. The van der Waals surface area contributed by atoms with Crippen molar-refractivity contribution in [2.24, 2.45) is 5.92 Å². The maximum absolute atomic E-state index is 12.3.